The molecule has 0 bridgehead atoms. The number of carbonyl (C=O) groups is 1. The third-order valence-corrected chi connectivity index (χ3v) is 4.33. The lowest BCUT2D eigenvalue weighted by Crippen LogP contribution is -2.37. The summed E-state index contributed by atoms with van der Waals surface area (Å²) in [5, 5.41) is 3.05. The summed E-state index contributed by atoms with van der Waals surface area (Å²) in [6.07, 6.45) is 1.01. The number of fused-ring (bicyclic) bond motifs is 1. The molecule has 0 spiro atoms. The molecule has 2 aromatic carbocycles. The average Bonchev–Trinajstić information content (AvgIpc) is 2.79. The van der Waals surface area contributed by atoms with Crippen LogP contribution in [0.25, 0.3) is 0 Å². The largest absolute Gasteiger partial charge is 0.359 e. The monoisotopic (exact) mass is 294 g/mol. The van der Waals surface area contributed by atoms with Gasteiger partial charge < -0.3 is 10.2 Å². The van der Waals surface area contributed by atoms with Gasteiger partial charge in [-0.2, -0.15) is 0 Å². The van der Waals surface area contributed by atoms with Gasteiger partial charge in [-0.1, -0.05) is 30.3 Å². The number of amides is 1. The lowest BCUT2D eigenvalue weighted by molar-refractivity contribution is -0.115. The molecule has 2 aromatic rings. The van der Waals surface area contributed by atoms with Crippen molar-refractivity contribution in [2.24, 2.45) is 0 Å². The zero-order valence-corrected chi connectivity index (χ0v) is 13.4. The van der Waals surface area contributed by atoms with E-state index in [0.29, 0.717) is 12.6 Å². The van der Waals surface area contributed by atoms with Crippen molar-refractivity contribution in [3.05, 3.63) is 59.2 Å². The normalized spacial score (nSPS) is 16.5. The fraction of sp³-hybridized carbons (Fsp3) is 0.316. The number of anilines is 2. The Kier molecular flexibility index (Phi) is 3.88. The lowest BCUT2D eigenvalue weighted by Gasteiger charge is -2.24. The molecule has 0 fully saturated rings. The van der Waals surface area contributed by atoms with E-state index in [1.54, 1.807) is 0 Å². The Morgan fingerprint density at radius 2 is 2.00 bits per heavy atom. The van der Waals surface area contributed by atoms with E-state index in [9.17, 15) is 4.79 Å². The molecule has 0 saturated carbocycles. The molecule has 3 rings (SSSR count). The number of para-hydroxylation sites is 1. The fourth-order valence-corrected chi connectivity index (χ4v) is 3.09. The first-order valence-electron chi connectivity index (χ1n) is 7.76. The average molecular weight is 294 g/mol. The standard InChI is InChI=1S/C19H22N2O/c1-13-8-9-14(2)17(10-13)20-19(22)12-21-15(3)11-16-6-4-5-7-18(16)21/h4-10,15H,11-12H2,1-3H3,(H,20,22)/t15-/m1/s1. The third kappa shape index (κ3) is 2.84. The van der Waals surface area contributed by atoms with E-state index in [-0.39, 0.29) is 5.91 Å². The van der Waals surface area contributed by atoms with Crippen molar-refractivity contribution in [2.45, 2.75) is 33.2 Å². The van der Waals surface area contributed by atoms with E-state index in [1.165, 1.54) is 11.3 Å². The summed E-state index contributed by atoms with van der Waals surface area (Å²) in [5.41, 5.74) is 5.67. The first kappa shape index (κ1) is 14.6. The first-order chi connectivity index (χ1) is 10.5. The summed E-state index contributed by atoms with van der Waals surface area (Å²) in [4.78, 5) is 14.6. The molecular formula is C19H22N2O. The molecular weight excluding hydrogens is 272 g/mol. The molecule has 1 aliphatic heterocycles. The van der Waals surface area contributed by atoms with Crippen LogP contribution in [0.1, 0.15) is 23.6 Å². The number of hydrogen-bond donors (Lipinski definition) is 1. The smallest absolute Gasteiger partial charge is 0.243 e. The van der Waals surface area contributed by atoms with Gasteiger partial charge >= 0.3 is 0 Å². The van der Waals surface area contributed by atoms with Crippen LogP contribution in [0.15, 0.2) is 42.5 Å². The summed E-state index contributed by atoms with van der Waals surface area (Å²) in [5.74, 6) is 0.0391. The number of benzene rings is 2. The van der Waals surface area contributed by atoms with Gasteiger partial charge in [0.1, 0.15) is 0 Å². The molecule has 114 valence electrons. The predicted molar refractivity (Wildman–Crippen MR) is 91.5 cm³/mol. The number of nitrogens with one attached hydrogen (secondary N) is 1. The number of hydrogen-bond acceptors (Lipinski definition) is 2. The summed E-state index contributed by atoms with van der Waals surface area (Å²) in [6.45, 7) is 6.62. The van der Waals surface area contributed by atoms with Gasteiger partial charge in [0.15, 0.2) is 0 Å². The van der Waals surface area contributed by atoms with Crippen molar-refractivity contribution in [1.82, 2.24) is 0 Å². The minimum atomic E-state index is 0.0391. The van der Waals surface area contributed by atoms with E-state index in [2.05, 4.69) is 41.4 Å². The van der Waals surface area contributed by atoms with Crippen molar-refractivity contribution in [3.8, 4) is 0 Å². The zero-order valence-electron chi connectivity index (χ0n) is 13.4. The third-order valence-electron chi connectivity index (χ3n) is 4.33. The van der Waals surface area contributed by atoms with Gasteiger partial charge in [0, 0.05) is 17.4 Å². The first-order valence-corrected chi connectivity index (χ1v) is 7.76. The lowest BCUT2D eigenvalue weighted by atomic mass is 10.1. The Bertz CT molecular complexity index is 708. The van der Waals surface area contributed by atoms with E-state index >= 15 is 0 Å². The molecule has 3 heteroatoms. The van der Waals surface area contributed by atoms with E-state index in [0.717, 1.165) is 23.2 Å². The highest BCUT2D eigenvalue weighted by Gasteiger charge is 2.27. The van der Waals surface area contributed by atoms with Crippen LogP contribution in [0, 0.1) is 13.8 Å². The fourth-order valence-electron chi connectivity index (χ4n) is 3.09. The van der Waals surface area contributed by atoms with Gasteiger partial charge in [-0.15, -0.1) is 0 Å². The van der Waals surface area contributed by atoms with Crippen molar-refractivity contribution >= 4 is 17.3 Å². The number of rotatable bonds is 3. The van der Waals surface area contributed by atoms with Gasteiger partial charge in [-0.05, 0) is 56.0 Å². The molecule has 0 saturated heterocycles. The second-order valence-corrected chi connectivity index (χ2v) is 6.18. The predicted octanol–water partition coefficient (Wildman–Crippen LogP) is 3.69. The molecule has 1 heterocycles. The Hall–Kier alpha value is -2.29. The second-order valence-electron chi connectivity index (χ2n) is 6.18. The van der Waals surface area contributed by atoms with Crippen molar-refractivity contribution in [2.75, 3.05) is 16.8 Å². The van der Waals surface area contributed by atoms with Crippen molar-refractivity contribution in [3.63, 3.8) is 0 Å². The molecule has 22 heavy (non-hydrogen) atoms. The number of nitrogens with zero attached hydrogens (tertiary/aromatic N) is 1. The van der Waals surface area contributed by atoms with E-state index in [4.69, 9.17) is 0 Å². The molecule has 0 unspecified atom stereocenters. The highest BCUT2D eigenvalue weighted by molar-refractivity contribution is 5.95. The zero-order chi connectivity index (χ0) is 15.7. The van der Waals surface area contributed by atoms with Crippen LogP contribution in [-0.2, 0) is 11.2 Å². The molecule has 1 N–H and O–H groups in total. The van der Waals surface area contributed by atoms with Crippen LogP contribution >= 0.6 is 0 Å². The van der Waals surface area contributed by atoms with Crippen LogP contribution in [0.3, 0.4) is 0 Å². The molecule has 1 amide bonds. The summed E-state index contributed by atoms with van der Waals surface area (Å²) < 4.78 is 0. The summed E-state index contributed by atoms with van der Waals surface area (Å²) >= 11 is 0. The molecule has 0 radical (unpaired) electrons. The minimum absolute atomic E-state index is 0.0391. The summed E-state index contributed by atoms with van der Waals surface area (Å²) in [7, 11) is 0. The number of carbonyl (C=O) groups excluding carboxylic acids is 1. The molecule has 1 atom stereocenters. The quantitative estimate of drug-likeness (QED) is 0.936. The topological polar surface area (TPSA) is 32.3 Å². The maximum Gasteiger partial charge on any atom is 0.243 e. The van der Waals surface area contributed by atoms with E-state index in [1.807, 2.05) is 32.0 Å². The van der Waals surface area contributed by atoms with Crippen LogP contribution in [0.4, 0.5) is 11.4 Å². The van der Waals surface area contributed by atoms with Gasteiger partial charge in [0.05, 0.1) is 6.54 Å². The minimum Gasteiger partial charge on any atom is -0.359 e. The van der Waals surface area contributed by atoms with Gasteiger partial charge in [-0.25, -0.2) is 0 Å². The van der Waals surface area contributed by atoms with Crippen LogP contribution in [-0.4, -0.2) is 18.5 Å². The van der Waals surface area contributed by atoms with Crippen LogP contribution in [0.5, 0.6) is 0 Å². The van der Waals surface area contributed by atoms with Gasteiger partial charge in [0.2, 0.25) is 5.91 Å². The second kappa shape index (κ2) is 5.84. The Morgan fingerprint density at radius 1 is 1.23 bits per heavy atom. The highest BCUT2D eigenvalue weighted by atomic mass is 16.2. The SMILES string of the molecule is Cc1ccc(C)c(NC(=O)CN2c3ccccc3C[C@H]2C)c1. The molecule has 3 nitrogen and oxygen atoms in total. The molecule has 0 aromatic heterocycles. The van der Waals surface area contributed by atoms with E-state index < -0.39 is 0 Å². The highest BCUT2D eigenvalue weighted by Crippen LogP contribution is 2.31. The maximum atomic E-state index is 12.4. The Labute approximate surface area is 132 Å². The van der Waals surface area contributed by atoms with Crippen LogP contribution < -0.4 is 10.2 Å². The van der Waals surface area contributed by atoms with Crippen LogP contribution in [0.2, 0.25) is 0 Å². The molecule has 1 aliphatic rings. The maximum absolute atomic E-state index is 12.4. The Balaban J connectivity index is 1.73. The Morgan fingerprint density at radius 3 is 2.82 bits per heavy atom. The van der Waals surface area contributed by atoms with Gasteiger partial charge in [-0.3, -0.25) is 4.79 Å². The van der Waals surface area contributed by atoms with Gasteiger partial charge in [0.25, 0.3) is 0 Å². The molecule has 0 aliphatic carbocycles. The number of aryl methyl sites for hydroxylation is 2. The van der Waals surface area contributed by atoms with Crippen molar-refractivity contribution < 1.29 is 4.79 Å². The van der Waals surface area contributed by atoms with Crippen molar-refractivity contribution in [1.29, 1.82) is 0 Å². The summed E-state index contributed by atoms with van der Waals surface area (Å²) in [6, 6.07) is 14.8.